The molecule has 5 heteroatoms. The van der Waals surface area contributed by atoms with Crippen molar-refractivity contribution < 1.29 is 4.79 Å². The van der Waals surface area contributed by atoms with Crippen LogP contribution in [0.3, 0.4) is 0 Å². The minimum atomic E-state index is 0.0426. The molecule has 0 radical (unpaired) electrons. The van der Waals surface area contributed by atoms with Crippen molar-refractivity contribution in [3.05, 3.63) is 52.8 Å². The number of nitrogens with zero attached hydrogens (tertiary/aromatic N) is 4. The number of piperidine rings is 1. The zero-order valence-electron chi connectivity index (χ0n) is 15.6. The molecule has 0 saturated carbocycles. The largest absolute Gasteiger partial charge is 0.337 e. The number of amides is 1. The van der Waals surface area contributed by atoms with E-state index < -0.39 is 0 Å². The number of carbonyl (C=O) groups is 1. The Hall–Kier alpha value is -2.43. The molecule has 3 heterocycles. The predicted octanol–water partition coefficient (Wildman–Crippen LogP) is 3.22. The van der Waals surface area contributed by atoms with Gasteiger partial charge in [-0.3, -0.25) is 4.79 Å². The van der Waals surface area contributed by atoms with Gasteiger partial charge < -0.3 is 9.80 Å². The second-order valence-electron chi connectivity index (χ2n) is 7.61. The molecule has 26 heavy (non-hydrogen) atoms. The van der Waals surface area contributed by atoms with Crippen molar-refractivity contribution in [2.45, 2.75) is 39.7 Å². The molecule has 136 valence electrons. The van der Waals surface area contributed by atoms with Gasteiger partial charge in [0, 0.05) is 31.9 Å². The molecule has 0 aliphatic carbocycles. The zero-order chi connectivity index (χ0) is 18.1. The summed E-state index contributed by atoms with van der Waals surface area (Å²) < 4.78 is 0. The summed E-state index contributed by atoms with van der Waals surface area (Å²) in [6.45, 7) is 7.54. The highest BCUT2D eigenvalue weighted by Crippen LogP contribution is 2.23. The lowest BCUT2D eigenvalue weighted by atomic mass is 9.99. The first-order valence-corrected chi connectivity index (χ1v) is 9.57. The van der Waals surface area contributed by atoms with Gasteiger partial charge in [-0.2, -0.15) is 0 Å². The summed E-state index contributed by atoms with van der Waals surface area (Å²) in [5.74, 6) is 1.42. The van der Waals surface area contributed by atoms with Crippen LogP contribution in [0.15, 0.2) is 30.3 Å². The molecule has 0 atom stereocenters. The number of fused-ring (bicyclic) bond motifs is 1. The minimum Gasteiger partial charge on any atom is -0.337 e. The van der Waals surface area contributed by atoms with E-state index in [0.29, 0.717) is 17.6 Å². The topological polar surface area (TPSA) is 49.3 Å². The second kappa shape index (κ2) is 7.06. The van der Waals surface area contributed by atoms with Gasteiger partial charge in [-0.1, -0.05) is 31.2 Å². The van der Waals surface area contributed by atoms with Crippen molar-refractivity contribution >= 4 is 11.9 Å². The van der Waals surface area contributed by atoms with E-state index in [4.69, 9.17) is 0 Å². The van der Waals surface area contributed by atoms with Crippen molar-refractivity contribution in [3.8, 4) is 0 Å². The van der Waals surface area contributed by atoms with Gasteiger partial charge in [-0.05, 0) is 49.3 Å². The van der Waals surface area contributed by atoms with Gasteiger partial charge >= 0.3 is 0 Å². The van der Waals surface area contributed by atoms with E-state index in [2.05, 4.69) is 46.1 Å². The van der Waals surface area contributed by atoms with Crippen molar-refractivity contribution in [2.75, 3.05) is 24.5 Å². The molecule has 2 aliphatic heterocycles. The van der Waals surface area contributed by atoms with Crippen LogP contribution in [0, 0.1) is 12.8 Å². The number of benzene rings is 1. The van der Waals surface area contributed by atoms with Gasteiger partial charge in [-0.15, -0.1) is 0 Å². The summed E-state index contributed by atoms with van der Waals surface area (Å²) in [7, 11) is 0. The molecule has 0 spiro atoms. The summed E-state index contributed by atoms with van der Waals surface area (Å²) in [5.41, 5.74) is 4.10. The van der Waals surface area contributed by atoms with Crippen molar-refractivity contribution in [1.29, 1.82) is 0 Å². The molecule has 0 bridgehead atoms. The van der Waals surface area contributed by atoms with Crippen LogP contribution in [0.5, 0.6) is 0 Å². The van der Waals surface area contributed by atoms with Crippen LogP contribution in [0.1, 0.15) is 47.1 Å². The summed E-state index contributed by atoms with van der Waals surface area (Å²) in [5, 5.41) is 0. The third kappa shape index (κ3) is 3.43. The Morgan fingerprint density at radius 3 is 2.58 bits per heavy atom. The molecule has 1 aromatic carbocycles. The summed E-state index contributed by atoms with van der Waals surface area (Å²) in [4.78, 5) is 26.3. The maximum Gasteiger partial charge on any atom is 0.272 e. The molecule has 4 rings (SSSR count). The second-order valence-corrected chi connectivity index (χ2v) is 7.61. The fraction of sp³-hybridized carbons (Fsp3) is 0.476. The molecule has 1 aromatic heterocycles. The Kier molecular flexibility index (Phi) is 4.62. The number of aromatic nitrogens is 2. The average Bonchev–Trinajstić information content (AvgIpc) is 2.67. The van der Waals surface area contributed by atoms with Gasteiger partial charge in [0.15, 0.2) is 0 Å². The fourth-order valence-electron chi connectivity index (χ4n) is 3.84. The van der Waals surface area contributed by atoms with Crippen LogP contribution in [-0.4, -0.2) is 40.4 Å². The Balaban J connectivity index is 1.56. The maximum absolute atomic E-state index is 12.9. The molecular weight excluding hydrogens is 324 g/mol. The number of carbonyl (C=O) groups excluding carboxylic acids is 1. The molecule has 0 N–H and O–H groups in total. The van der Waals surface area contributed by atoms with Crippen LogP contribution in [0.4, 0.5) is 5.95 Å². The number of anilines is 1. The van der Waals surface area contributed by atoms with Gasteiger partial charge in [0.05, 0.1) is 0 Å². The van der Waals surface area contributed by atoms with Gasteiger partial charge in [0.2, 0.25) is 5.95 Å². The molecular formula is C21H26N4O. The fourth-order valence-corrected chi connectivity index (χ4v) is 3.84. The summed E-state index contributed by atoms with van der Waals surface area (Å²) >= 11 is 0. The monoisotopic (exact) mass is 350 g/mol. The molecule has 2 aliphatic rings. The Bertz CT molecular complexity index is 811. The molecule has 1 fully saturated rings. The molecule has 5 nitrogen and oxygen atoms in total. The van der Waals surface area contributed by atoms with E-state index in [9.17, 15) is 4.79 Å². The smallest absolute Gasteiger partial charge is 0.272 e. The van der Waals surface area contributed by atoms with E-state index in [-0.39, 0.29) is 5.91 Å². The SMILES string of the molecule is Cc1cc(C(=O)N2CCC(C)CC2)nc(N2CCc3ccccc3C2)n1. The van der Waals surface area contributed by atoms with E-state index in [0.717, 1.165) is 51.1 Å². The number of aryl methyl sites for hydroxylation is 1. The summed E-state index contributed by atoms with van der Waals surface area (Å²) in [6, 6.07) is 10.3. The first-order chi connectivity index (χ1) is 12.6. The van der Waals surface area contributed by atoms with E-state index in [1.165, 1.54) is 11.1 Å². The normalized spacial score (nSPS) is 17.9. The third-order valence-electron chi connectivity index (χ3n) is 5.55. The van der Waals surface area contributed by atoms with E-state index >= 15 is 0 Å². The molecule has 1 amide bonds. The van der Waals surface area contributed by atoms with Crippen molar-refractivity contribution in [1.82, 2.24) is 14.9 Å². The standard InChI is InChI=1S/C21H26N4O/c1-15-7-10-24(11-8-15)20(26)19-13-16(2)22-21(23-19)25-12-9-17-5-3-4-6-18(17)14-25/h3-6,13,15H,7-12,14H2,1-2H3. The van der Waals surface area contributed by atoms with Gasteiger partial charge in [-0.25, -0.2) is 9.97 Å². The van der Waals surface area contributed by atoms with Gasteiger partial charge in [0.25, 0.3) is 5.91 Å². The summed E-state index contributed by atoms with van der Waals surface area (Å²) in [6.07, 6.45) is 3.14. The van der Waals surface area contributed by atoms with Crippen LogP contribution in [-0.2, 0) is 13.0 Å². The lowest BCUT2D eigenvalue weighted by molar-refractivity contribution is 0.0691. The number of likely N-dealkylation sites (tertiary alicyclic amines) is 1. The highest BCUT2D eigenvalue weighted by Gasteiger charge is 2.25. The van der Waals surface area contributed by atoms with E-state index in [1.54, 1.807) is 0 Å². The Morgan fingerprint density at radius 1 is 1.08 bits per heavy atom. The van der Waals surface area contributed by atoms with Crippen LogP contribution in [0.25, 0.3) is 0 Å². The molecule has 0 unspecified atom stereocenters. The number of hydrogen-bond acceptors (Lipinski definition) is 4. The minimum absolute atomic E-state index is 0.0426. The quantitative estimate of drug-likeness (QED) is 0.834. The highest BCUT2D eigenvalue weighted by molar-refractivity contribution is 5.92. The first kappa shape index (κ1) is 17.0. The van der Waals surface area contributed by atoms with Crippen molar-refractivity contribution in [2.24, 2.45) is 5.92 Å². The van der Waals surface area contributed by atoms with Crippen LogP contribution >= 0.6 is 0 Å². The lowest BCUT2D eigenvalue weighted by Gasteiger charge is -2.31. The first-order valence-electron chi connectivity index (χ1n) is 9.57. The zero-order valence-corrected chi connectivity index (χ0v) is 15.6. The highest BCUT2D eigenvalue weighted by atomic mass is 16.2. The van der Waals surface area contributed by atoms with Crippen LogP contribution in [0.2, 0.25) is 0 Å². The lowest BCUT2D eigenvalue weighted by Crippen LogP contribution is -2.39. The molecule has 2 aromatic rings. The third-order valence-corrected chi connectivity index (χ3v) is 5.55. The van der Waals surface area contributed by atoms with E-state index in [1.807, 2.05) is 17.9 Å². The average molecular weight is 350 g/mol. The molecule has 1 saturated heterocycles. The predicted molar refractivity (Wildman–Crippen MR) is 102 cm³/mol. The number of hydrogen-bond donors (Lipinski definition) is 0. The Labute approximate surface area is 155 Å². The van der Waals surface area contributed by atoms with Gasteiger partial charge in [0.1, 0.15) is 5.69 Å². The number of rotatable bonds is 2. The van der Waals surface area contributed by atoms with Crippen LogP contribution < -0.4 is 4.90 Å². The van der Waals surface area contributed by atoms with Crippen molar-refractivity contribution in [3.63, 3.8) is 0 Å². The maximum atomic E-state index is 12.9. The Morgan fingerprint density at radius 2 is 1.81 bits per heavy atom.